The molecule has 0 radical (unpaired) electrons. The first kappa shape index (κ1) is 20.4. The highest BCUT2D eigenvalue weighted by Crippen LogP contribution is 2.29. The SMILES string of the molecule is O=C(O)COc1ccc(Br)cc1/C=N\NC(=O)c1cccc(C(F)(F)F)c1. The summed E-state index contributed by atoms with van der Waals surface area (Å²) in [5.74, 6) is -1.79. The fraction of sp³-hybridized carbons (Fsp3) is 0.118. The van der Waals surface area contributed by atoms with Crippen molar-refractivity contribution in [2.75, 3.05) is 6.61 Å². The number of carbonyl (C=O) groups is 2. The molecule has 0 saturated carbocycles. The second-order valence-electron chi connectivity index (χ2n) is 5.14. The van der Waals surface area contributed by atoms with Crippen molar-refractivity contribution >= 4 is 34.0 Å². The van der Waals surface area contributed by atoms with Gasteiger partial charge in [-0.25, -0.2) is 10.2 Å². The van der Waals surface area contributed by atoms with E-state index in [1.807, 2.05) is 0 Å². The molecule has 0 atom stereocenters. The number of amides is 1. The Hall–Kier alpha value is -2.88. The van der Waals surface area contributed by atoms with Crippen molar-refractivity contribution in [3.63, 3.8) is 0 Å². The summed E-state index contributed by atoms with van der Waals surface area (Å²) in [7, 11) is 0. The minimum absolute atomic E-state index is 0.206. The second-order valence-corrected chi connectivity index (χ2v) is 6.06. The van der Waals surface area contributed by atoms with E-state index in [1.54, 1.807) is 12.1 Å². The molecule has 0 bridgehead atoms. The Labute approximate surface area is 159 Å². The molecule has 0 unspecified atom stereocenters. The summed E-state index contributed by atoms with van der Waals surface area (Å²) in [4.78, 5) is 22.6. The number of rotatable bonds is 6. The van der Waals surface area contributed by atoms with Gasteiger partial charge >= 0.3 is 12.1 Å². The van der Waals surface area contributed by atoms with Gasteiger partial charge in [-0.05, 0) is 36.4 Å². The van der Waals surface area contributed by atoms with Gasteiger partial charge in [0.05, 0.1) is 11.8 Å². The molecule has 2 aromatic carbocycles. The van der Waals surface area contributed by atoms with Crippen LogP contribution in [0.1, 0.15) is 21.5 Å². The maximum absolute atomic E-state index is 12.7. The zero-order valence-electron chi connectivity index (χ0n) is 13.5. The van der Waals surface area contributed by atoms with Gasteiger partial charge in [0.25, 0.3) is 5.91 Å². The van der Waals surface area contributed by atoms with Gasteiger partial charge in [-0.3, -0.25) is 4.79 Å². The molecule has 0 aliphatic rings. The number of hydrazone groups is 1. The van der Waals surface area contributed by atoms with Crippen LogP contribution < -0.4 is 10.2 Å². The predicted molar refractivity (Wildman–Crippen MR) is 93.8 cm³/mol. The van der Waals surface area contributed by atoms with Crippen molar-refractivity contribution in [1.29, 1.82) is 0 Å². The van der Waals surface area contributed by atoms with E-state index in [1.165, 1.54) is 18.3 Å². The van der Waals surface area contributed by atoms with E-state index in [2.05, 4.69) is 26.5 Å². The molecule has 0 saturated heterocycles. The zero-order chi connectivity index (χ0) is 20.0. The number of carboxylic acid groups (broad SMARTS) is 1. The van der Waals surface area contributed by atoms with Crippen LogP contribution in [-0.2, 0) is 11.0 Å². The number of aliphatic carboxylic acids is 1. The smallest absolute Gasteiger partial charge is 0.416 e. The number of nitrogens with one attached hydrogen (secondary N) is 1. The molecule has 0 heterocycles. The van der Waals surface area contributed by atoms with Gasteiger partial charge in [0.1, 0.15) is 5.75 Å². The Balaban J connectivity index is 2.12. The van der Waals surface area contributed by atoms with E-state index in [9.17, 15) is 22.8 Å². The number of hydrogen-bond acceptors (Lipinski definition) is 4. The fourth-order valence-electron chi connectivity index (χ4n) is 1.95. The molecule has 27 heavy (non-hydrogen) atoms. The highest BCUT2D eigenvalue weighted by molar-refractivity contribution is 9.10. The molecule has 0 spiro atoms. The maximum Gasteiger partial charge on any atom is 0.416 e. The third kappa shape index (κ3) is 6.10. The maximum atomic E-state index is 12.7. The van der Waals surface area contributed by atoms with E-state index in [0.29, 0.717) is 16.1 Å². The lowest BCUT2D eigenvalue weighted by molar-refractivity contribution is -0.139. The quantitative estimate of drug-likeness (QED) is 0.525. The third-order valence-corrected chi connectivity index (χ3v) is 3.64. The van der Waals surface area contributed by atoms with Crippen molar-refractivity contribution in [3.05, 3.63) is 63.6 Å². The Morgan fingerprint density at radius 3 is 2.63 bits per heavy atom. The minimum Gasteiger partial charge on any atom is -0.481 e. The summed E-state index contributed by atoms with van der Waals surface area (Å²) >= 11 is 3.23. The van der Waals surface area contributed by atoms with E-state index in [4.69, 9.17) is 9.84 Å². The lowest BCUT2D eigenvalue weighted by Gasteiger charge is -2.08. The van der Waals surface area contributed by atoms with E-state index in [0.717, 1.165) is 12.1 Å². The predicted octanol–water partition coefficient (Wildman–Crippen LogP) is 3.70. The Morgan fingerprint density at radius 1 is 1.22 bits per heavy atom. The average Bonchev–Trinajstić information content (AvgIpc) is 2.60. The van der Waals surface area contributed by atoms with Crippen LogP contribution in [0.2, 0.25) is 0 Å². The Kier molecular flexibility index (Phi) is 6.56. The van der Waals surface area contributed by atoms with Crippen molar-refractivity contribution in [3.8, 4) is 5.75 Å². The summed E-state index contributed by atoms with van der Waals surface area (Å²) in [6.07, 6.45) is -3.38. The van der Waals surface area contributed by atoms with Gasteiger partial charge in [0.2, 0.25) is 0 Å². The molecule has 2 rings (SSSR count). The van der Waals surface area contributed by atoms with Crippen molar-refractivity contribution in [1.82, 2.24) is 5.43 Å². The Morgan fingerprint density at radius 2 is 1.96 bits per heavy atom. The molecule has 0 aliphatic carbocycles. The van der Waals surface area contributed by atoms with Crippen LogP contribution >= 0.6 is 15.9 Å². The lowest BCUT2D eigenvalue weighted by atomic mass is 10.1. The molecule has 2 N–H and O–H groups in total. The highest BCUT2D eigenvalue weighted by atomic mass is 79.9. The summed E-state index contributed by atoms with van der Waals surface area (Å²) < 4.78 is 43.8. The number of halogens is 4. The summed E-state index contributed by atoms with van der Waals surface area (Å²) in [6.45, 7) is -0.570. The second kappa shape index (κ2) is 8.67. The number of alkyl halides is 3. The normalized spacial score (nSPS) is 11.4. The molecule has 142 valence electrons. The lowest BCUT2D eigenvalue weighted by Crippen LogP contribution is -2.18. The minimum atomic E-state index is -4.56. The van der Waals surface area contributed by atoms with Crippen LogP contribution in [0, 0.1) is 0 Å². The first-order valence-electron chi connectivity index (χ1n) is 7.31. The summed E-state index contributed by atoms with van der Waals surface area (Å²) in [5.41, 5.74) is 1.31. The molecule has 1 amide bonds. The molecular weight excluding hydrogens is 433 g/mol. The Bertz CT molecular complexity index is 885. The summed E-state index contributed by atoms with van der Waals surface area (Å²) in [5, 5.41) is 12.4. The number of nitrogens with zero attached hydrogens (tertiary/aromatic N) is 1. The first-order valence-corrected chi connectivity index (χ1v) is 8.11. The van der Waals surface area contributed by atoms with Crippen molar-refractivity contribution < 1.29 is 32.6 Å². The van der Waals surface area contributed by atoms with E-state index < -0.39 is 30.2 Å². The van der Waals surface area contributed by atoms with Gasteiger partial charge in [-0.2, -0.15) is 18.3 Å². The van der Waals surface area contributed by atoms with E-state index in [-0.39, 0.29) is 11.3 Å². The molecule has 0 aliphatic heterocycles. The van der Waals surface area contributed by atoms with Crippen LogP contribution in [0.4, 0.5) is 13.2 Å². The average molecular weight is 445 g/mol. The molecule has 0 aromatic heterocycles. The topological polar surface area (TPSA) is 88.0 Å². The first-order chi connectivity index (χ1) is 12.7. The molecule has 0 fully saturated rings. The van der Waals surface area contributed by atoms with Gasteiger partial charge < -0.3 is 9.84 Å². The van der Waals surface area contributed by atoms with Crippen LogP contribution in [0.3, 0.4) is 0 Å². The molecule has 2 aromatic rings. The third-order valence-electron chi connectivity index (χ3n) is 3.14. The van der Waals surface area contributed by atoms with Gasteiger partial charge in [-0.1, -0.05) is 22.0 Å². The number of carboxylic acids is 1. The van der Waals surface area contributed by atoms with Gasteiger partial charge in [0.15, 0.2) is 6.61 Å². The number of benzene rings is 2. The number of carbonyl (C=O) groups excluding carboxylic acids is 1. The van der Waals surface area contributed by atoms with Crippen LogP contribution in [0.15, 0.2) is 52.0 Å². The van der Waals surface area contributed by atoms with Crippen LogP contribution in [0.5, 0.6) is 5.75 Å². The number of hydrogen-bond donors (Lipinski definition) is 2. The van der Waals surface area contributed by atoms with Crippen LogP contribution in [0.25, 0.3) is 0 Å². The monoisotopic (exact) mass is 444 g/mol. The largest absolute Gasteiger partial charge is 0.481 e. The molecule has 10 heteroatoms. The standard InChI is InChI=1S/C17H12BrF3N2O4/c18-13-4-5-14(27-9-15(24)25)11(7-13)8-22-23-16(26)10-2-1-3-12(6-10)17(19,20)21/h1-8H,9H2,(H,23,26)(H,24,25)/b22-8-. The van der Waals surface area contributed by atoms with Crippen LogP contribution in [-0.4, -0.2) is 29.8 Å². The van der Waals surface area contributed by atoms with E-state index >= 15 is 0 Å². The van der Waals surface area contributed by atoms with Crippen molar-refractivity contribution in [2.45, 2.75) is 6.18 Å². The number of ether oxygens (including phenoxy) is 1. The fourth-order valence-corrected chi connectivity index (χ4v) is 2.33. The summed E-state index contributed by atoms with van der Waals surface area (Å²) in [6, 6.07) is 8.60. The highest BCUT2D eigenvalue weighted by Gasteiger charge is 2.30. The van der Waals surface area contributed by atoms with Crippen molar-refractivity contribution in [2.24, 2.45) is 5.10 Å². The van der Waals surface area contributed by atoms with Gasteiger partial charge in [0, 0.05) is 15.6 Å². The molecule has 6 nitrogen and oxygen atoms in total. The van der Waals surface area contributed by atoms with Gasteiger partial charge in [-0.15, -0.1) is 0 Å². The molecular formula is C17H12BrF3N2O4. The zero-order valence-corrected chi connectivity index (χ0v) is 15.0.